The third-order valence-electron chi connectivity index (χ3n) is 10.4. The standard InChI is InChI=1S/C49H31N3O2/c1-4-15-32(16-5-1)33-27-29-36(30-28-33)51(41-25-14-23-38-37-21-10-12-24-40(37)52(47(38)41)35-19-8-3-9-20-35)42-31-44-45(39-22-11-13-26-43(39)53-44)46-48(42)54-49(50-46)34-17-6-2-7-18-34/h1-31H. The molecule has 0 saturated carbocycles. The Hall–Kier alpha value is -7.37. The molecule has 0 unspecified atom stereocenters. The van der Waals surface area contributed by atoms with E-state index in [1.807, 2.05) is 54.6 Å². The lowest BCUT2D eigenvalue weighted by molar-refractivity contribution is 0.620. The largest absolute Gasteiger partial charge is 0.456 e. The molecule has 0 spiro atoms. The summed E-state index contributed by atoms with van der Waals surface area (Å²) in [5, 5.41) is 4.27. The Labute approximate surface area is 310 Å². The molecule has 254 valence electrons. The van der Waals surface area contributed by atoms with Crippen LogP contribution >= 0.6 is 0 Å². The minimum atomic E-state index is 0.556. The predicted octanol–water partition coefficient (Wildman–Crippen LogP) is 13.6. The number of rotatable bonds is 6. The molecule has 3 aromatic heterocycles. The van der Waals surface area contributed by atoms with Crippen LogP contribution in [0.1, 0.15) is 0 Å². The van der Waals surface area contributed by atoms with E-state index < -0.39 is 0 Å². The molecule has 5 nitrogen and oxygen atoms in total. The van der Waals surface area contributed by atoms with Crippen molar-refractivity contribution in [2.75, 3.05) is 4.90 Å². The van der Waals surface area contributed by atoms with Crippen molar-refractivity contribution >= 4 is 71.9 Å². The van der Waals surface area contributed by atoms with Crippen molar-refractivity contribution in [2.24, 2.45) is 0 Å². The fourth-order valence-corrected chi connectivity index (χ4v) is 8.00. The second kappa shape index (κ2) is 12.1. The Bertz CT molecular complexity index is 3140. The van der Waals surface area contributed by atoms with Gasteiger partial charge in [-0.25, -0.2) is 4.98 Å². The van der Waals surface area contributed by atoms with Crippen LogP contribution in [0.3, 0.4) is 0 Å². The number of para-hydroxylation sites is 4. The van der Waals surface area contributed by atoms with Crippen molar-refractivity contribution in [2.45, 2.75) is 0 Å². The zero-order chi connectivity index (χ0) is 35.6. The lowest BCUT2D eigenvalue weighted by atomic mass is 10.0. The van der Waals surface area contributed by atoms with Gasteiger partial charge in [-0.1, -0.05) is 127 Å². The van der Waals surface area contributed by atoms with E-state index in [-0.39, 0.29) is 0 Å². The van der Waals surface area contributed by atoms with Crippen LogP contribution in [0.4, 0.5) is 17.1 Å². The molecule has 0 aliphatic carbocycles. The molecule has 0 aliphatic heterocycles. The number of fused-ring (bicyclic) bond motifs is 8. The minimum absolute atomic E-state index is 0.556. The average molecular weight is 694 g/mol. The fourth-order valence-electron chi connectivity index (χ4n) is 8.00. The van der Waals surface area contributed by atoms with E-state index in [2.05, 4.69) is 143 Å². The number of hydrogen-bond donors (Lipinski definition) is 0. The molecule has 0 N–H and O–H groups in total. The summed E-state index contributed by atoms with van der Waals surface area (Å²) in [6.45, 7) is 0. The fraction of sp³-hybridized carbons (Fsp3) is 0. The number of anilines is 3. The quantitative estimate of drug-likeness (QED) is 0.174. The second-order valence-electron chi connectivity index (χ2n) is 13.5. The first kappa shape index (κ1) is 30.3. The summed E-state index contributed by atoms with van der Waals surface area (Å²) in [5.74, 6) is 0.556. The van der Waals surface area contributed by atoms with Crippen LogP contribution in [0, 0.1) is 0 Å². The lowest BCUT2D eigenvalue weighted by Gasteiger charge is -2.27. The van der Waals surface area contributed by atoms with Crippen molar-refractivity contribution in [3.05, 3.63) is 188 Å². The number of furan rings is 1. The van der Waals surface area contributed by atoms with E-state index in [0.717, 1.165) is 83.3 Å². The number of aromatic nitrogens is 2. The highest BCUT2D eigenvalue weighted by atomic mass is 16.4. The molecular formula is C49H31N3O2. The SMILES string of the molecule is c1ccc(-c2ccc(N(c3cc4oc5ccccc5c4c4nc(-c5ccccc5)oc34)c3cccc4c5ccccc5n(-c5ccccc5)c34)cc2)cc1. The van der Waals surface area contributed by atoms with Crippen molar-refractivity contribution in [3.8, 4) is 28.3 Å². The first-order chi connectivity index (χ1) is 26.8. The van der Waals surface area contributed by atoms with E-state index in [9.17, 15) is 0 Å². The minimum Gasteiger partial charge on any atom is -0.456 e. The van der Waals surface area contributed by atoms with Crippen molar-refractivity contribution < 1.29 is 8.83 Å². The van der Waals surface area contributed by atoms with Crippen LogP contribution in [0.5, 0.6) is 0 Å². The van der Waals surface area contributed by atoms with E-state index in [4.69, 9.17) is 13.8 Å². The summed E-state index contributed by atoms with van der Waals surface area (Å²) in [7, 11) is 0. The highest BCUT2D eigenvalue weighted by molar-refractivity contribution is 6.21. The van der Waals surface area contributed by atoms with Gasteiger partial charge in [0.2, 0.25) is 5.89 Å². The monoisotopic (exact) mass is 693 g/mol. The average Bonchev–Trinajstić information content (AvgIpc) is 3.95. The van der Waals surface area contributed by atoms with Gasteiger partial charge in [0.05, 0.1) is 27.8 Å². The molecule has 0 amide bonds. The van der Waals surface area contributed by atoms with Crippen LogP contribution in [0.15, 0.2) is 197 Å². The first-order valence-corrected chi connectivity index (χ1v) is 18.1. The Balaban J connectivity index is 1.26. The number of benzene rings is 8. The highest BCUT2D eigenvalue weighted by Crippen LogP contribution is 2.48. The van der Waals surface area contributed by atoms with Gasteiger partial charge in [0.1, 0.15) is 16.7 Å². The topological polar surface area (TPSA) is 47.3 Å². The lowest BCUT2D eigenvalue weighted by Crippen LogP contribution is -2.12. The third-order valence-corrected chi connectivity index (χ3v) is 10.4. The predicted molar refractivity (Wildman–Crippen MR) is 221 cm³/mol. The maximum absolute atomic E-state index is 6.91. The molecule has 11 rings (SSSR count). The number of nitrogens with zero attached hydrogens (tertiary/aromatic N) is 3. The van der Waals surface area contributed by atoms with Gasteiger partial charge in [-0.2, -0.15) is 0 Å². The Morgan fingerprint density at radius 1 is 0.463 bits per heavy atom. The second-order valence-corrected chi connectivity index (χ2v) is 13.5. The van der Waals surface area contributed by atoms with Crippen LogP contribution in [0.25, 0.3) is 83.1 Å². The van der Waals surface area contributed by atoms with Gasteiger partial charge in [-0.15, -0.1) is 0 Å². The molecule has 0 bridgehead atoms. The maximum atomic E-state index is 6.91. The number of oxazole rings is 1. The van der Waals surface area contributed by atoms with E-state index in [1.165, 1.54) is 5.39 Å². The van der Waals surface area contributed by atoms with Gasteiger partial charge in [0.25, 0.3) is 0 Å². The van der Waals surface area contributed by atoms with Crippen molar-refractivity contribution in [1.82, 2.24) is 9.55 Å². The van der Waals surface area contributed by atoms with Gasteiger partial charge in [0.15, 0.2) is 5.58 Å². The Kier molecular flexibility index (Phi) is 6.79. The van der Waals surface area contributed by atoms with E-state index >= 15 is 0 Å². The van der Waals surface area contributed by atoms with Crippen LogP contribution < -0.4 is 4.90 Å². The van der Waals surface area contributed by atoms with Crippen molar-refractivity contribution in [3.63, 3.8) is 0 Å². The molecule has 54 heavy (non-hydrogen) atoms. The Morgan fingerprint density at radius 3 is 1.87 bits per heavy atom. The molecular weight excluding hydrogens is 663 g/mol. The summed E-state index contributed by atoms with van der Waals surface area (Å²) >= 11 is 0. The Morgan fingerprint density at radius 2 is 1.09 bits per heavy atom. The molecule has 0 atom stereocenters. The molecule has 0 radical (unpaired) electrons. The molecule has 3 heterocycles. The van der Waals surface area contributed by atoms with Gasteiger partial charge >= 0.3 is 0 Å². The summed E-state index contributed by atoms with van der Waals surface area (Å²) in [5.41, 5.74) is 12.3. The third kappa shape index (κ3) is 4.69. The summed E-state index contributed by atoms with van der Waals surface area (Å²) < 4.78 is 15.9. The molecule has 8 aromatic carbocycles. The molecule has 0 aliphatic rings. The van der Waals surface area contributed by atoms with E-state index in [0.29, 0.717) is 11.5 Å². The maximum Gasteiger partial charge on any atom is 0.227 e. The summed E-state index contributed by atoms with van der Waals surface area (Å²) in [6.07, 6.45) is 0. The summed E-state index contributed by atoms with van der Waals surface area (Å²) in [6, 6.07) is 65.4. The number of hydrogen-bond acceptors (Lipinski definition) is 4. The molecule has 5 heteroatoms. The van der Waals surface area contributed by atoms with Gasteiger partial charge in [-0.3, -0.25) is 0 Å². The highest BCUT2D eigenvalue weighted by Gasteiger charge is 2.27. The van der Waals surface area contributed by atoms with Gasteiger partial charge in [-0.05, 0) is 65.7 Å². The van der Waals surface area contributed by atoms with Crippen LogP contribution in [-0.4, -0.2) is 9.55 Å². The zero-order valence-corrected chi connectivity index (χ0v) is 29.1. The van der Waals surface area contributed by atoms with Crippen LogP contribution in [0.2, 0.25) is 0 Å². The molecule has 0 saturated heterocycles. The normalized spacial score (nSPS) is 11.7. The molecule has 0 fully saturated rings. The van der Waals surface area contributed by atoms with Crippen molar-refractivity contribution in [1.29, 1.82) is 0 Å². The summed E-state index contributed by atoms with van der Waals surface area (Å²) in [4.78, 5) is 7.53. The zero-order valence-electron chi connectivity index (χ0n) is 29.1. The van der Waals surface area contributed by atoms with Gasteiger partial charge < -0.3 is 18.3 Å². The molecule has 11 aromatic rings. The van der Waals surface area contributed by atoms with E-state index in [1.54, 1.807) is 0 Å². The van der Waals surface area contributed by atoms with Gasteiger partial charge in [0, 0.05) is 39.2 Å². The first-order valence-electron chi connectivity index (χ1n) is 18.1. The van der Waals surface area contributed by atoms with Crippen LogP contribution in [-0.2, 0) is 0 Å². The smallest absolute Gasteiger partial charge is 0.227 e.